The normalized spacial score (nSPS) is 11.3. The minimum Gasteiger partial charge on any atom is -0.494 e. The van der Waals surface area contributed by atoms with E-state index in [9.17, 15) is 12.8 Å². The number of nitrogens with one attached hydrogen (secondary N) is 1. The number of sulfonamides is 1. The molecule has 7 nitrogen and oxygen atoms in total. The van der Waals surface area contributed by atoms with E-state index >= 15 is 0 Å². The van der Waals surface area contributed by atoms with Gasteiger partial charge < -0.3 is 10.5 Å². The van der Waals surface area contributed by atoms with Crippen LogP contribution in [0.4, 0.5) is 15.9 Å². The first-order valence-corrected chi connectivity index (χ1v) is 6.97. The van der Waals surface area contributed by atoms with Gasteiger partial charge in [0.05, 0.1) is 12.8 Å². The molecular formula is C11H13FN4O3S. The summed E-state index contributed by atoms with van der Waals surface area (Å²) in [5.74, 6) is -0.769. The molecule has 0 unspecified atom stereocenters. The van der Waals surface area contributed by atoms with Crippen LogP contribution in [0.15, 0.2) is 29.3 Å². The Bertz CT molecular complexity index is 742. The van der Waals surface area contributed by atoms with Gasteiger partial charge >= 0.3 is 0 Å². The molecule has 0 aliphatic carbocycles. The summed E-state index contributed by atoms with van der Waals surface area (Å²) in [5.41, 5.74) is 5.68. The third-order valence-electron chi connectivity index (χ3n) is 2.51. The van der Waals surface area contributed by atoms with E-state index in [1.165, 1.54) is 30.1 Å². The number of aromatic nitrogens is 2. The van der Waals surface area contributed by atoms with Gasteiger partial charge in [-0.2, -0.15) is 5.10 Å². The van der Waals surface area contributed by atoms with Gasteiger partial charge in [0.25, 0.3) is 10.0 Å². The molecule has 3 N–H and O–H groups in total. The molecule has 1 heterocycles. The summed E-state index contributed by atoms with van der Waals surface area (Å²) in [6.45, 7) is 0. The quantitative estimate of drug-likeness (QED) is 0.876. The van der Waals surface area contributed by atoms with Gasteiger partial charge in [0.2, 0.25) is 0 Å². The number of ether oxygens (including phenoxy) is 1. The highest BCUT2D eigenvalue weighted by molar-refractivity contribution is 7.92. The number of methoxy groups -OCH3 is 1. The zero-order valence-corrected chi connectivity index (χ0v) is 11.6. The lowest BCUT2D eigenvalue weighted by atomic mass is 10.3. The maximum atomic E-state index is 13.3. The first kappa shape index (κ1) is 14.1. The highest BCUT2D eigenvalue weighted by Gasteiger charge is 2.21. The van der Waals surface area contributed by atoms with E-state index in [2.05, 4.69) is 9.82 Å². The molecular weight excluding hydrogens is 287 g/mol. The Kier molecular flexibility index (Phi) is 3.53. The van der Waals surface area contributed by atoms with Crippen LogP contribution in [0.2, 0.25) is 0 Å². The minimum absolute atomic E-state index is 0.0654. The second kappa shape index (κ2) is 5.00. The van der Waals surface area contributed by atoms with Crippen LogP contribution in [-0.2, 0) is 17.1 Å². The lowest BCUT2D eigenvalue weighted by Crippen LogP contribution is -2.14. The van der Waals surface area contributed by atoms with E-state index in [-0.39, 0.29) is 22.2 Å². The van der Waals surface area contributed by atoms with Crippen LogP contribution in [0.25, 0.3) is 0 Å². The molecule has 0 aliphatic rings. The number of aryl methyl sites for hydroxylation is 1. The number of rotatable bonds is 4. The van der Waals surface area contributed by atoms with Crippen LogP contribution in [0, 0.1) is 5.82 Å². The second-order valence-corrected chi connectivity index (χ2v) is 5.66. The van der Waals surface area contributed by atoms with Crippen molar-refractivity contribution in [1.82, 2.24) is 9.78 Å². The van der Waals surface area contributed by atoms with Crippen LogP contribution in [0.3, 0.4) is 0 Å². The number of nitrogens with zero attached hydrogens (tertiary/aromatic N) is 2. The number of nitrogens with two attached hydrogens (primary N) is 1. The average Bonchev–Trinajstić information content (AvgIpc) is 2.71. The van der Waals surface area contributed by atoms with Crippen LogP contribution in [-0.4, -0.2) is 25.3 Å². The van der Waals surface area contributed by atoms with Crippen LogP contribution in [0.1, 0.15) is 0 Å². The van der Waals surface area contributed by atoms with E-state index < -0.39 is 15.8 Å². The van der Waals surface area contributed by atoms with Crippen molar-refractivity contribution < 1.29 is 17.5 Å². The number of hydrogen-bond donors (Lipinski definition) is 2. The molecule has 0 radical (unpaired) electrons. The predicted molar refractivity (Wildman–Crippen MR) is 71.4 cm³/mol. The molecule has 1 aromatic heterocycles. The Morgan fingerprint density at radius 2 is 2.15 bits per heavy atom. The van der Waals surface area contributed by atoms with Crippen molar-refractivity contribution in [1.29, 1.82) is 0 Å². The van der Waals surface area contributed by atoms with E-state index in [1.54, 1.807) is 7.05 Å². The second-order valence-electron chi connectivity index (χ2n) is 4.01. The first-order chi connectivity index (χ1) is 9.33. The molecule has 0 spiro atoms. The lowest BCUT2D eigenvalue weighted by Gasteiger charge is -2.08. The monoisotopic (exact) mass is 300 g/mol. The third kappa shape index (κ3) is 2.67. The average molecular weight is 300 g/mol. The molecule has 108 valence electrons. The smallest absolute Gasteiger partial charge is 0.267 e. The van der Waals surface area contributed by atoms with Crippen molar-refractivity contribution in [2.45, 2.75) is 4.90 Å². The maximum absolute atomic E-state index is 13.3. The van der Waals surface area contributed by atoms with Gasteiger partial charge in [0.15, 0.2) is 17.4 Å². The molecule has 9 heteroatoms. The van der Waals surface area contributed by atoms with Crippen molar-refractivity contribution in [2.24, 2.45) is 7.05 Å². The fraction of sp³-hybridized carbons (Fsp3) is 0.182. The number of nitrogen functional groups attached to an aromatic ring is 1. The molecule has 0 saturated carbocycles. The van der Waals surface area contributed by atoms with Crippen molar-refractivity contribution >= 4 is 21.5 Å². The molecule has 0 amide bonds. The van der Waals surface area contributed by atoms with Crippen molar-refractivity contribution in [2.75, 3.05) is 17.6 Å². The Balaban J connectivity index is 2.36. The molecule has 0 aliphatic heterocycles. The number of hydrogen-bond acceptors (Lipinski definition) is 5. The van der Waals surface area contributed by atoms with Crippen molar-refractivity contribution in [3.63, 3.8) is 0 Å². The van der Waals surface area contributed by atoms with Crippen molar-refractivity contribution in [3.05, 3.63) is 30.2 Å². The van der Waals surface area contributed by atoms with Gasteiger partial charge in [-0.15, -0.1) is 0 Å². The summed E-state index contributed by atoms with van der Waals surface area (Å²) in [7, 11) is -1.06. The van der Waals surface area contributed by atoms with Crippen LogP contribution < -0.4 is 15.2 Å². The number of halogens is 1. The highest BCUT2D eigenvalue weighted by Crippen LogP contribution is 2.25. The molecule has 2 rings (SSSR count). The number of benzene rings is 1. The SMILES string of the molecule is COc1cc(NS(=O)(=O)c2cn(C)nc2N)ccc1F. The topological polar surface area (TPSA) is 99.2 Å². The Morgan fingerprint density at radius 1 is 1.45 bits per heavy atom. The fourth-order valence-electron chi connectivity index (χ4n) is 1.62. The van der Waals surface area contributed by atoms with E-state index in [0.29, 0.717) is 0 Å². The van der Waals surface area contributed by atoms with E-state index in [0.717, 1.165) is 6.07 Å². The van der Waals surface area contributed by atoms with E-state index in [4.69, 9.17) is 10.5 Å². The van der Waals surface area contributed by atoms with Gasteiger partial charge in [0.1, 0.15) is 4.90 Å². The Morgan fingerprint density at radius 3 is 2.70 bits per heavy atom. The Labute approximate surface area is 115 Å². The minimum atomic E-state index is -3.90. The molecule has 0 bridgehead atoms. The number of anilines is 2. The summed E-state index contributed by atoms with van der Waals surface area (Å²) < 4.78 is 45.9. The zero-order chi connectivity index (χ0) is 14.9. The first-order valence-electron chi connectivity index (χ1n) is 5.49. The summed E-state index contributed by atoms with van der Waals surface area (Å²) in [6.07, 6.45) is 1.28. The van der Waals surface area contributed by atoms with Gasteiger partial charge in [-0.05, 0) is 12.1 Å². The molecule has 0 saturated heterocycles. The summed E-state index contributed by atoms with van der Waals surface area (Å²) in [4.78, 5) is -0.150. The van der Waals surface area contributed by atoms with Gasteiger partial charge in [-0.1, -0.05) is 0 Å². The van der Waals surface area contributed by atoms with Gasteiger partial charge in [-0.25, -0.2) is 12.8 Å². The lowest BCUT2D eigenvalue weighted by molar-refractivity contribution is 0.387. The summed E-state index contributed by atoms with van der Waals surface area (Å²) in [6, 6.07) is 3.62. The van der Waals surface area contributed by atoms with Crippen molar-refractivity contribution in [3.8, 4) is 5.75 Å². The van der Waals surface area contributed by atoms with Gasteiger partial charge in [-0.3, -0.25) is 9.40 Å². The van der Waals surface area contributed by atoms with Crippen LogP contribution in [0.5, 0.6) is 5.75 Å². The maximum Gasteiger partial charge on any atom is 0.267 e. The van der Waals surface area contributed by atoms with Gasteiger partial charge in [0, 0.05) is 19.3 Å². The highest BCUT2D eigenvalue weighted by atomic mass is 32.2. The fourth-order valence-corrected chi connectivity index (χ4v) is 2.78. The summed E-state index contributed by atoms with van der Waals surface area (Å²) >= 11 is 0. The molecule has 0 atom stereocenters. The largest absolute Gasteiger partial charge is 0.494 e. The van der Waals surface area contributed by atoms with Crippen LogP contribution >= 0.6 is 0 Å². The zero-order valence-electron chi connectivity index (χ0n) is 10.8. The standard InChI is InChI=1S/C11H13FN4O3S/c1-16-6-10(11(13)14-16)20(17,18)15-7-3-4-8(12)9(5-7)19-2/h3-6,15H,1-2H3,(H2,13,14). The van der Waals surface area contributed by atoms with E-state index in [1.807, 2.05) is 0 Å². The summed E-state index contributed by atoms with van der Waals surface area (Å²) in [5, 5.41) is 3.76. The molecule has 2 aromatic rings. The molecule has 20 heavy (non-hydrogen) atoms. The molecule has 1 aromatic carbocycles. The molecule has 0 fully saturated rings. The predicted octanol–water partition coefficient (Wildman–Crippen LogP) is 0.951. The third-order valence-corrected chi connectivity index (χ3v) is 3.91. The Hall–Kier alpha value is -2.29.